The van der Waals surface area contributed by atoms with Crippen molar-refractivity contribution in [3.8, 4) is 5.75 Å². The van der Waals surface area contributed by atoms with E-state index in [2.05, 4.69) is 10.4 Å². The average Bonchev–Trinajstić information content (AvgIpc) is 2.92. The van der Waals surface area contributed by atoms with Gasteiger partial charge in [0.15, 0.2) is 0 Å². The summed E-state index contributed by atoms with van der Waals surface area (Å²) in [5, 5.41) is 6.85. The molecule has 100 valence electrons. The van der Waals surface area contributed by atoms with Crippen molar-refractivity contribution in [1.29, 1.82) is 0 Å². The van der Waals surface area contributed by atoms with Crippen molar-refractivity contribution >= 4 is 5.91 Å². The van der Waals surface area contributed by atoms with Gasteiger partial charge in [0.1, 0.15) is 12.3 Å². The molecular formula is C14H17N3O2. The van der Waals surface area contributed by atoms with Gasteiger partial charge in [0.2, 0.25) is 5.91 Å². The Morgan fingerprint density at radius 2 is 2.32 bits per heavy atom. The zero-order chi connectivity index (χ0) is 13.5. The largest absolute Gasteiger partial charge is 0.497 e. The summed E-state index contributed by atoms with van der Waals surface area (Å²) in [5.41, 5.74) is 1.14. The highest BCUT2D eigenvalue weighted by Crippen LogP contribution is 2.12. The Morgan fingerprint density at radius 1 is 1.42 bits per heavy atom. The van der Waals surface area contributed by atoms with E-state index >= 15 is 0 Å². The summed E-state index contributed by atoms with van der Waals surface area (Å²) in [6.45, 7) is 0.860. The Balaban J connectivity index is 1.75. The van der Waals surface area contributed by atoms with Crippen molar-refractivity contribution in [2.24, 2.45) is 0 Å². The molecule has 0 aliphatic heterocycles. The predicted octanol–water partition coefficient (Wildman–Crippen LogP) is 1.25. The lowest BCUT2D eigenvalue weighted by Crippen LogP contribution is -2.29. The molecule has 0 aliphatic rings. The lowest BCUT2D eigenvalue weighted by molar-refractivity contribution is -0.121. The van der Waals surface area contributed by atoms with Crippen molar-refractivity contribution < 1.29 is 9.53 Å². The number of amides is 1. The highest BCUT2D eigenvalue weighted by Gasteiger charge is 2.02. The number of benzene rings is 1. The fourth-order valence-corrected chi connectivity index (χ4v) is 1.77. The van der Waals surface area contributed by atoms with Crippen molar-refractivity contribution in [3.63, 3.8) is 0 Å². The van der Waals surface area contributed by atoms with Crippen molar-refractivity contribution in [1.82, 2.24) is 15.1 Å². The number of nitrogens with one attached hydrogen (secondary N) is 1. The SMILES string of the molecule is COc1cccc(CCNC(=O)Cn2cccn2)c1. The van der Waals surface area contributed by atoms with Gasteiger partial charge in [-0.05, 0) is 30.2 Å². The van der Waals surface area contributed by atoms with Crippen LogP contribution < -0.4 is 10.1 Å². The van der Waals surface area contributed by atoms with Gasteiger partial charge >= 0.3 is 0 Å². The molecule has 0 radical (unpaired) electrons. The van der Waals surface area contributed by atoms with E-state index in [0.29, 0.717) is 6.54 Å². The summed E-state index contributed by atoms with van der Waals surface area (Å²) < 4.78 is 6.75. The van der Waals surface area contributed by atoms with E-state index in [1.807, 2.05) is 24.3 Å². The van der Waals surface area contributed by atoms with E-state index in [9.17, 15) is 4.79 Å². The number of methoxy groups -OCH3 is 1. The fraction of sp³-hybridized carbons (Fsp3) is 0.286. The predicted molar refractivity (Wildman–Crippen MR) is 71.9 cm³/mol. The quantitative estimate of drug-likeness (QED) is 0.849. The second kappa shape index (κ2) is 6.58. The van der Waals surface area contributed by atoms with Crippen molar-refractivity contribution in [2.45, 2.75) is 13.0 Å². The number of carbonyl (C=O) groups is 1. The first-order chi connectivity index (χ1) is 9.28. The smallest absolute Gasteiger partial charge is 0.241 e. The number of ether oxygens (including phenoxy) is 1. The zero-order valence-electron chi connectivity index (χ0n) is 10.9. The minimum Gasteiger partial charge on any atom is -0.497 e. The van der Waals surface area contributed by atoms with Gasteiger partial charge in [-0.15, -0.1) is 0 Å². The lowest BCUT2D eigenvalue weighted by Gasteiger charge is -2.06. The molecule has 0 atom stereocenters. The van der Waals surface area contributed by atoms with Crippen LogP contribution in [0.3, 0.4) is 0 Å². The summed E-state index contributed by atoms with van der Waals surface area (Å²) in [7, 11) is 1.64. The van der Waals surface area contributed by atoms with Gasteiger partial charge in [0, 0.05) is 18.9 Å². The molecule has 1 aromatic heterocycles. The third-order valence-electron chi connectivity index (χ3n) is 2.73. The number of aromatic nitrogens is 2. The number of carbonyl (C=O) groups excluding carboxylic acids is 1. The highest BCUT2D eigenvalue weighted by molar-refractivity contribution is 5.75. The summed E-state index contributed by atoms with van der Waals surface area (Å²) in [6, 6.07) is 9.63. The van der Waals surface area contributed by atoms with Crippen LogP contribution in [0.5, 0.6) is 5.75 Å². The minimum absolute atomic E-state index is 0.0356. The standard InChI is InChI=1S/C14H17N3O2/c1-19-13-5-2-4-12(10-13)6-8-15-14(18)11-17-9-3-7-16-17/h2-5,7,9-10H,6,8,11H2,1H3,(H,15,18). The molecule has 2 rings (SSSR count). The van der Waals surface area contributed by atoms with Gasteiger partial charge in [0.25, 0.3) is 0 Å². The van der Waals surface area contributed by atoms with Gasteiger partial charge in [-0.2, -0.15) is 5.10 Å². The van der Waals surface area contributed by atoms with Crippen LogP contribution in [-0.2, 0) is 17.8 Å². The Labute approximate surface area is 112 Å². The highest BCUT2D eigenvalue weighted by atomic mass is 16.5. The first kappa shape index (κ1) is 13.1. The van der Waals surface area contributed by atoms with Crippen LogP contribution in [0.1, 0.15) is 5.56 Å². The molecule has 2 aromatic rings. The molecule has 5 heteroatoms. The van der Waals surface area contributed by atoms with Crippen LogP contribution in [0.25, 0.3) is 0 Å². The summed E-state index contributed by atoms with van der Waals surface area (Å²) >= 11 is 0. The van der Waals surface area contributed by atoms with Crippen molar-refractivity contribution in [3.05, 3.63) is 48.3 Å². The number of hydrogen-bond donors (Lipinski definition) is 1. The Bertz CT molecular complexity index is 523. The van der Waals surface area contributed by atoms with Gasteiger partial charge < -0.3 is 10.1 Å². The molecule has 0 spiro atoms. The fourth-order valence-electron chi connectivity index (χ4n) is 1.77. The third kappa shape index (κ3) is 4.13. The number of nitrogens with zero attached hydrogens (tertiary/aromatic N) is 2. The van der Waals surface area contributed by atoms with Crippen LogP contribution in [0, 0.1) is 0 Å². The Kier molecular flexibility index (Phi) is 4.55. The molecule has 0 saturated carbocycles. The van der Waals surface area contributed by atoms with Gasteiger partial charge in [-0.1, -0.05) is 12.1 Å². The number of hydrogen-bond acceptors (Lipinski definition) is 3. The van der Waals surface area contributed by atoms with E-state index < -0.39 is 0 Å². The third-order valence-corrected chi connectivity index (χ3v) is 2.73. The lowest BCUT2D eigenvalue weighted by atomic mass is 10.1. The molecule has 0 saturated heterocycles. The van der Waals surface area contributed by atoms with Gasteiger partial charge in [-0.25, -0.2) is 0 Å². The minimum atomic E-state index is -0.0356. The van der Waals surface area contributed by atoms with Crippen LogP contribution in [0.15, 0.2) is 42.7 Å². The summed E-state index contributed by atoms with van der Waals surface area (Å²) in [4.78, 5) is 11.6. The van der Waals surface area contributed by atoms with E-state index in [4.69, 9.17) is 4.74 Å². The van der Waals surface area contributed by atoms with Crippen LogP contribution in [0.4, 0.5) is 0 Å². The molecule has 5 nitrogen and oxygen atoms in total. The Hall–Kier alpha value is -2.30. The topological polar surface area (TPSA) is 56.1 Å². The second-order valence-corrected chi connectivity index (χ2v) is 4.16. The molecule has 0 aliphatic carbocycles. The number of rotatable bonds is 6. The van der Waals surface area contributed by atoms with Gasteiger partial charge in [-0.3, -0.25) is 9.48 Å². The van der Waals surface area contributed by atoms with Gasteiger partial charge in [0.05, 0.1) is 7.11 Å². The molecule has 1 amide bonds. The van der Waals surface area contributed by atoms with Crippen LogP contribution in [-0.4, -0.2) is 29.3 Å². The summed E-state index contributed by atoms with van der Waals surface area (Å²) in [5.74, 6) is 0.798. The first-order valence-corrected chi connectivity index (χ1v) is 6.15. The maximum atomic E-state index is 11.6. The van der Waals surface area contributed by atoms with Crippen LogP contribution >= 0.6 is 0 Å². The first-order valence-electron chi connectivity index (χ1n) is 6.15. The van der Waals surface area contributed by atoms with Crippen molar-refractivity contribution in [2.75, 3.05) is 13.7 Å². The average molecular weight is 259 g/mol. The molecule has 0 fully saturated rings. The van der Waals surface area contributed by atoms with E-state index in [0.717, 1.165) is 17.7 Å². The molecule has 0 unspecified atom stereocenters. The molecule has 1 N–H and O–H groups in total. The second-order valence-electron chi connectivity index (χ2n) is 4.16. The normalized spacial score (nSPS) is 10.2. The van der Waals surface area contributed by atoms with E-state index in [1.54, 1.807) is 30.3 Å². The maximum absolute atomic E-state index is 11.6. The van der Waals surface area contributed by atoms with E-state index in [1.165, 1.54) is 0 Å². The van der Waals surface area contributed by atoms with Crippen LogP contribution in [0.2, 0.25) is 0 Å². The monoisotopic (exact) mass is 259 g/mol. The Morgan fingerprint density at radius 3 is 3.05 bits per heavy atom. The molecule has 0 bridgehead atoms. The maximum Gasteiger partial charge on any atom is 0.241 e. The summed E-state index contributed by atoms with van der Waals surface area (Å²) in [6.07, 6.45) is 4.20. The molecule has 1 aromatic carbocycles. The van der Waals surface area contributed by atoms with E-state index in [-0.39, 0.29) is 12.5 Å². The molecular weight excluding hydrogens is 242 g/mol. The zero-order valence-corrected chi connectivity index (χ0v) is 10.9. The molecule has 19 heavy (non-hydrogen) atoms. The molecule has 1 heterocycles.